The molecule has 20 heavy (non-hydrogen) atoms. The van der Waals surface area contributed by atoms with Crippen LogP contribution in [0.2, 0.25) is 0 Å². The number of nitrogens with one attached hydrogen (secondary N) is 1. The second kappa shape index (κ2) is 6.01. The van der Waals surface area contributed by atoms with Crippen molar-refractivity contribution in [1.29, 1.82) is 0 Å². The minimum Gasteiger partial charge on any atom is -0.397 e. The average molecular weight is 275 g/mol. The molecule has 6 heteroatoms. The van der Waals surface area contributed by atoms with Crippen LogP contribution >= 0.6 is 0 Å². The van der Waals surface area contributed by atoms with Gasteiger partial charge in [-0.2, -0.15) is 0 Å². The molecule has 0 bridgehead atoms. The monoisotopic (exact) mass is 275 g/mol. The number of aromatic nitrogens is 1. The van der Waals surface area contributed by atoms with Gasteiger partial charge in [-0.1, -0.05) is 6.07 Å². The molecule has 1 amide bonds. The van der Waals surface area contributed by atoms with Crippen LogP contribution in [-0.4, -0.2) is 10.5 Å². The van der Waals surface area contributed by atoms with Crippen LogP contribution in [-0.2, 0) is 11.3 Å². The SMILES string of the molecule is Nc1cc(F)ccc1NC(=O)CCn1ccccc1=O. The summed E-state index contributed by atoms with van der Waals surface area (Å²) in [6, 6.07) is 8.54. The van der Waals surface area contributed by atoms with Gasteiger partial charge in [0.1, 0.15) is 5.82 Å². The molecule has 104 valence electrons. The number of pyridine rings is 1. The Morgan fingerprint density at radius 1 is 1.30 bits per heavy atom. The first kappa shape index (κ1) is 13.8. The molecule has 0 fully saturated rings. The van der Waals surface area contributed by atoms with E-state index in [0.717, 1.165) is 6.07 Å². The zero-order valence-electron chi connectivity index (χ0n) is 10.7. The molecule has 3 N–H and O–H groups in total. The van der Waals surface area contributed by atoms with E-state index in [1.807, 2.05) is 0 Å². The van der Waals surface area contributed by atoms with Gasteiger partial charge >= 0.3 is 0 Å². The van der Waals surface area contributed by atoms with Gasteiger partial charge in [0.15, 0.2) is 0 Å². The van der Waals surface area contributed by atoms with E-state index in [2.05, 4.69) is 5.32 Å². The van der Waals surface area contributed by atoms with Crippen molar-refractivity contribution < 1.29 is 9.18 Å². The van der Waals surface area contributed by atoms with Crippen molar-refractivity contribution in [2.24, 2.45) is 0 Å². The number of hydrogen-bond acceptors (Lipinski definition) is 3. The molecule has 5 nitrogen and oxygen atoms in total. The quantitative estimate of drug-likeness (QED) is 0.832. The van der Waals surface area contributed by atoms with Gasteiger partial charge in [0.25, 0.3) is 5.56 Å². The summed E-state index contributed by atoms with van der Waals surface area (Å²) in [4.78, 5) is 23.2. The lowest BCUT2D eigenvalue weighted by atomic mass is 10.2. The van der Waals surface area contributed by atoms with Gasteiger partial charge in [-0.3, -0.25) is 9.59 Å². The van der Waals surface area contributed by atoms with Crippen molar-refractivity contribution in [1.82, 2.24) is 4.57 Å². The molecule has 0 unspecified atom stereocenters. The summed E-state index contributed by atoms with van der Waals surface area (Å²) in [6.07, 6.45) is 1.74. The van der Waals surface area contributed by atoms with Crippen LogP contribution in [0.1, 0.15) is 6.42 Å². The summed E-state index contributed by atoms with van der Waals surface area (Å²) in [7, 11) is 0. The number of aryl methyl sites for hydroxylation is 1. The van der Waals surface area contributed by atoms with E-state index in [9.17, 15) is 14.0 Å². The largest absolute Gasteiger partial charge is 0.397 e. The first-order valence-electron chi connectivity index (χ1n) is 6.06. The van der Waals surface area contributed by atoms with Crippen LogP contribution in [0.4, 0.5) is 15.8 Å². The minimum absolute atomic E-state index is 0.126. The fraction of sp³-hybridized carbons (Fsp3) is 0.143. The third-order valence-corrected chi connectivity index (χ3v) is 2.77. The molecule has 2 rings (SSSR count). The van der Waals surface area contributed by atoms with E-state index in [0.29, 0.717) is 5.69 Å². The van der Waals surface area contributed by atoms with Crippen LogP contribution < -0.4 is 16.6 Å². The van der Waals surface area contributed by atoms with Gasteiger partial charge in [0.2, 0.25) is 5.91 Å². The van der Waals surface area contributed by atoms with Crippen LogP contribution in [0.15, 0.2) is 47.4 Å². The highest BCUT2D eigenvalue weighted by molar-refractivity contribution is 5.93. The number of carbonyl (C=O) groups is 1. The van der Waals surface area contributed by atoms with E-state index in [1.54, 1.807) is 18.3 Å². The van der Waals surface area contributed by atoms with Gasteiger partial charge in [0.05, 0.1) is 11.4 Å². The van der Waals surface area contributed by atoms with Crippen molar-refractivity contribution in [2.45, 2.75) is 13.0 Å². The van der Waals surface area contributed by atoms with Crippen molar-refractivity contribution in [2.75, 3.05) is 11.1 Å². The third-order valence-electron chi connectivity index (χ3n) is 2.77. The first-order valence-corrected chi connectivity index (χ1v) is 6.06. The Kier molecular flexibility index (Phi) is 4.14. The van der Waals surface area contributed by atoms with Gasteiger partial charge in [0, 0.05) is 25.2 Å². The molecule has 0 aliphatic carbocycles. The second-order valence-corrected chi connectivity index (χ2v) is 4.26. The van der Waals surface area contributed by atoms with Crippen molar-refractivity contribution >= 4 is 17.3 Å². The number of anilines is 2. The molecule has 1 aromatic heterocycles. The topological polar surface area (TPSA) is 77.1 Å². The maximum Gasteiger partial charge on any atom is 0.250 e. The van der Waals surface area contributed by atoms with Crippen LogP contribution in [0.25, 0.3) is 0 Å². The lowest BCUT2D eigenvalue weighted by Crippen LogP contribution is -2.22. The van der Waals surface area contributed by atoms with E-state index in [4.69, 9.17) is 5.73 Å². The van der Waals surface area contributed by atoms with Crippen molar-refractivity contribution in [3.8, 4) is 0 Å². The number of nitrogens with zero attached hydrogens (tertiary/aromatic N) is 1. The zero-order valence-corrected chi connectivity index (χ0v) is 10.7. The Balaban J connectivity index is 1.96. The highest BCUT2D eigenvalue weighted by atomic mass is 19.1. The third kappa shape index (κ3) is 3.44. The standard InChI is InChI=1S/C14H14FN3O2/c15-10-4-5-12(11(16)9-10)17-13(19)6-8-18-7-2-1-3-14(18)20/h1-5,7,9H,6,8,16H2,(H,17,19). The molecule has 0 atom stereocenters. The smallest absolute Gasteiger partial charge is 0.250 e. The lowest BCUT2D eigenvalue weighted by molar-refractivity contribution is -0.116. The molecule has 1 aromatic carbocycles. The van der Waals surface area contributed by atoms with Crippen LogP contribution in [0, 0.1) is 5.82 Å². The number of halogens is 1. The summed E-state index contributed by atoms with van der Waals surface area (Å²) in [5.74, 6) is -0.754. The van der Waals surface area contributed by atoms with E-state index in [-0.39, 0.29) is 30.1 Å². The van der Waals surface area contributed by atoms with E-state index < -0.39 is 5.82 Å². The van der Waals surface area contributed by atoms with E-state index >= 15 is 0 Å². The van der Waals surface area contributed by atoms with Gasteiger partial charge in [-0.05, 0) is 24.3 Å². The van der Waals surface area contributed by atoms with Crippen molar-refractivity contribution in [3.63, 3.8) is 0 Å². The predicted octanol–water partition coefficient (Wildman–Crippen LogP) is 1.60. The highest BCUT2D eigenvalue weighted by Crippen LogP contribution is 2.19. The maximum atomic E-state index is 12.9. The molecule has 0 radical (unpaired) electrons. The molecule has 0 aliphatic rings. The molecular formula is C14H14FN3O2. The number of benzene rings is 1. The summed E-state index contributed by atoms with van der Waals surface area (Å²) in [5.41, 5.74) is 5.95. The molecule has 0 spiro atoms. The predicted molar refractivity (Wildman–Crippen MR) is 74.8 cm³/mol. The highest BCUT2D eigenvalue weighted by Gasteiger charge is 2.06. The summed E-state index contributed by atoms with van der Waals surface area (Å²) >= 11 is 0. The molecular weight excluding hydrogens is 261 g/mol. The second-order valence-electron chi connectivity index (χ2n) is 4.26. The average Bonchev–Trinajstić information content (AvgIpc) is 2.41. The number of hydrogen-bond donors (Lipinski definition) is 2. The number of nitrogen functional groups attached to an aromatic ring is 1. The Morgan fingerprint density at radius 3 is 2.80 bits per heavy atom. The Hall–Kier alpha value is -2.63. The van der Waals surface area contributed by atoms with E-state index in [1.165, 1.54) is 22.8 Å². The summed E-state index contributed by atoms with van der Waals surface area (Å²) in [6.45, 7) is 0.270. The fourth-order valence-electron chi connectivity index (χ4n) is 1.73. The van der Waals surface area contributed by atoms with Gasteiger partial charge in [-0.15, -0.1) is 0 Å². The van der Waals surface area contributed by atoms with Crippen LogP contribution in [0.5, 0.6) is 0 Å². The molecule has 0 saturated carbocycles. The normalized spacial score (nSPS) is 10.2. The fourth-order valence-corrected chi connectivity index (χ4v) is 1.73. The van der Waals surface area contributed by atoms with Crippen molar-refractivity contribution in [3.05, 3.63) is 58.8 Å². The summed E-state index contributed by atoms with van der Waals surface area (Å²) in [5, 5.41) is 2.58. The number of rotatable bonds is 4. The van der Waals surface area contributed by atoms with Gasteiger partial charge in [-0.25, -0.2) is 4.39 Å². The lowest BCUT2D eigenvalue weighted by Gasteiger charge is -2.09. The number of nitrogens with two attached hydrogens (primary N) is 1. The maximum absolute atomic E-state index is 12.9. The Morgan fingerprint density at radius 2 is 2.10 bits per heavy atom. The number of amides is 1. The Labute approximate surface area is 114 Å². The first-order chi connectivity index (χ1) is 9.56. The molecule has 1 heterocycles. The van der Waals surface area contributed by atoms with Crippen LogP contribution in [0.3, 0.4) is 0 Å². The molecule has 0 aliphatic heterocycles. The minimum atomic E-state index is -0.462. The zero-order chi connectivity index (χ0) is 14.5. The molecule has 2 aromatic rings. The summed E-state index contributed by atoms with van der Waals surface area (Å²) < 4.78 is 14.3. The van der Waals surface area contributed by atoms with Gasteiger partial charge < -0.3 is 15.6 Å². The molecule has 0 saturated heterocycles. The Bertz CT molecular complexity index is 682. The number of carbonyl (C=O) groups excluding carboxylic acids is 1.